The number of carbonyl (C=O) groups is 1. The lowest BCUT2D eigenvalue weighted by atomic mass is 10.0. The topological polar surface area (TPSA) is 74.7 Å². The lowest BCUT2D eigenvalue weighted by Crippen LogP contribution is -2.35. The molecule has 0 amide bonds. The first-order chi connectivity index (χ1) is 14.3. The van der Waals surface area contributed by atoms with E-state index in [1.807, 2.05) is 43.3 Å². The SMILES string of the molecule is Cc1ccc(Sc2ccc(S(=O)(=O)N3CCCc4cc(C(=O)O)ccc43)cc2)cc1. The van der Waals surface area contributed by atoms with E-state index >= 15 is 0 Å². The van der Waals surface area contributed by atoms with Crippen LogP contribution in [0.25, 0.3) is 0 Å². The molecular weight excluding hydrogens is 418 g/mol. The molecule has 1 aliphatic rings. The van der Waals surface area contributed by atoms with Crippen molar-refractivity contribution in [3.8, 4) is 0 Å². The molecule has 1 N–H and O–H groups in total. The van der Waals surface area contributed by atoms with Gasteiger partial charge in [-0.15, -0.1) is 0 Å². The Hall–Kier alpha value is -2.77. The van der Waals surface area contributed by atoms with Crippen LogP contribution in [0.5, 0.6) is 0 Å². The van der Waals surface area contributed by atoms with Crippen molar-refractivity contribution in [2.75, 3.05) is 10.8 Å². The molecule has 0 spiro atoms. The first kappa shape index (κ1) is 20.5. The van der Waals surface area contributed by atoms with Gasteiger partial charge in [-0.05, 0) is 79.9 Å². The van der Waals surface area contributed by atoms with Crippen LogP contribution in [0.1, 0.15) is 27.9 Å². The van der Waals surface area contributed by atoms with Gasteiger partial charge >= 0.3 is 5.97 Å². The number of hydrogen-bond acceptors (Lipinski definition) is 4. The van der Waals surface area contributed by atoms with Gasteiger partial charge in [-0.1, -0.05) is 29.5 Å². The van der Waals surface area contributed by atoms with E-state index in [0.717, 1.165) is 15.4 Å². The minimum atomic E-state index is -3.73. The number of benzene rings is 3. The molecule has 0 aromatic heterocycles. The van der Waals surface area contributed by atoms with Gasteiger partial charge in [0.2, 0.25) is 0 Å². The van der Waals surface area contributed by atoms with Gasteiger partial charge in [0, 0.05) is 16.3 Å². The van der Waals surface area contributed by atoms with Crippen molar-refractivity contribution in [2.45, 2.75) is 34.5 Å². The van der Waals surface area contributed by atoms with Crippen LogP contribution in [-0.4, -0.2) is 26.0 Å². The van der Waals surface area contributed by atoms with Gasteiger partial charge in [0.25, 0.3) is 10.0 Å². The number of aromatic carboxylic acids is 1. The van der Waals surface area contributed by atoms with Crippen molar-refractivity contribution in [3.63, 3.8) is 0 Å². The van der Waals surface area contributed by atoms with Crippen molar-refractivity contribution < 1.29 is 18.3 Å². The van der Waals surface area contributed by atoms with E-state index in [2.05, 4.69) is 0 Å². The number of rotatable bonds is 5. The molecule has 3 aromatic rings. The van der Waals surface area contributed by atoms with E-state index in [0.29, 0.717) is 25.1 Å². The molecule has 4 rings (SSSR count). The van der Waals surface area contributed by atoms with Crippen LogP contribution in [0, 0.1) is 6.92 Å². The van der Waals surface area contributed by atoms with E-state index in [1.165, 1.54) is 15.9 Å². The monoisotopic (exact) mass is 439 g/mol. The zero-order valence-corrected chi connectivity index (χ0v) is 18.0. The summed E-state index contributed by atoms with van der Waals surface area (Å²) in [5, 5.41) is 9.20. The first-order valence-corrected chi connectivity index (χ1v) is 11.8. The van der Waals surface area contributed by atoms with E-state index < -0.39 is 16.0 Å². The van der Waals surface area contributed by atoms with Gasteiger partial charge in [-0.3, -0.25) is 4.31 Å². The molecule has 0 atom stereocenters. The summed E-state index contributed by atoms with van der Waals surface area (Å²) in [7, 11) is -3.73. The average molecular weight is 440 g/mol. The molecular formula is C23H21NO4S2. The molecule has 3 aromatic carbocycles. The number of carboxylic acids is 1. The molecule has 1 aliphatic heterocycles. The number of anilines is 1. The Balaban J connectivity index is 1.60. The van der Waals surface area contributed by atoms with Crippen molar-refractivity contribution >= 4 is 33.4 Å². The van der Waals surface area contributed by atoms with Crippen LogP contribution in [0.2, 0.25) is 0 Å². The number of hydrogen-bond donors (Lipinski definition) is 1. The number of fused-ring (bicyclic) bond motifs is 1. The second kappa shape index (κ2) is 8.16. The predicted octanol–water partition coefficient (Wildman–Crippen LogP) is 4.99. The van der Waals surface area contributed by atoms with E-state index in [4.69, 9.17) is 0 Å². The molecule has 0 radical (unpaired) electrons. The predicted molar refractivity (Wildman–Crippen MR) is 118 cm³/mol. The van der Waals surface area contributed by atoms with Gasteiger partial charge in [-0.25, -0.2) is 13.2 Å². The highest BCUT2D eigenvalue weighted by Gasteiger charge is 2.29. The Morgan fingerprint density at radius 2 is 1.60 bits per heavy atom. The highest BCUT2D eigenvalue weighted by atomic mass is 32.2. The number of sulfonamides is 1. The van der Waals surface area contributed by atoms with Crippen LogP contribution in [0.3, 0.4) is 0 Å². The molecule has 0 saturated heterocycles. The lowest BCUT2D eigenvalue weighted by Gasteiger charge is -2.30. The van der Waals surface area contributed by atoms with E-state index in [-0.39, 0.29) is 10.5 Å². The molecule has 30 heavy (non-hydrogen) atoms. The third kappa shape index (κ3) is 4.08. The summed E-state index contributed by atoms with van der Waals surface area (Å²) in [6.45, 7) is 2.41. The molecule has 0 aliphatic carbocycles. The minimum Gasteiger partial charge on any atom is -0.478 e. The molecule has 154 valence electrons. The molecule has 0 saturated carbocycles. The standard InChI is InChI=1S/C23H21NO4S2/c1-16-4-7-19(8-5-16)29-20-9-11-21(12-10-20)30(27,28)24-14-2-3-17-15-18(23(25)26)6-13-22(17)24/h4-13,15H,2-3,14H2,1H3,(H,25,26). The quantitative estimate of drug-likeness (QED) is 0.606. The van der Waals surface area contributed by atoms with Crippen molar-refractivity contribution in [3.05, 3.63) is 83.4 Å². The van der Waals surface area contributed by atoms with Crippen LogP contribution in [0.4, 0.5) is 5.69 Å². The van der Waals surface area contributed by atoms with Gasteiger partial charge in [0.1, 0.15) is 0 Å². The maximum Gasteiger partial charge on any atom is 0.335 e. The second-order valence-corrected chi connectivity index (χ2v) is 10.2. The third-order valence-electron chi connectivity index (χ3n) is 5.07. The average Bonchev–Trinajstić information content (AvgIpc) is 2.75. The molecule has 5 nitrogen and oxygen atoms in total. The highest BCUT2D eigenvalue weighted by Crippen LogP contribution is 2.34. The first-order valence-electron chi connectivity index (χ1n) is 9.58. The van der Waals surface area contributed by atoms with Gasteiger partial charge < -0.3 is 5.11 Å². The summed E-state index contributed by atoms with van der Waals surface area (Å²) >= 11 is 1.58. The molecule has 1 heterocycles. The summed E-state index contributed by atoms with van der Waals surface area (Å²) in [5.74, 6) is -1.01. The number of aryl methyl sites for hydroxylation is 2. The van der Waals surface area contributed by atoms with E-state index in [9.17, 15) is 18.3 Å². The Morgan fingerprint density at radius 1 is 0.967 bits per heavy atom. The Kier molecular flexibility index (Phi) is 5.58. The molecule has 7 heteroatoms. The fourth-order valence-electron chi connectivity index (χ4n) is 3.49. The van der Waals surface area contributed by atoms with Crippen LogP contribution < -0.4 is 4.31 Å². The largest absolute Gasteiger partial charge is 0.478 e. The zero-order chi connectivity index (χ0) is 21.3. The van der Waals surface area contributed by atoms with Crippen molar-refractivity contribution in [2.24, 2.45) is 0 Å². The summed E-state index contributed by atoms with van der Waals surface area (Å²) < 4.78 is 27.9. The summed E-state index contributed by atoms with van der Waals surface area (Å²) in [6.07, 6.45) is 1.31. The molecule has 0 unspecified atom stereocenters. The molecule has 0 bridgehead atoms. The lowest BCUT2D eigenvalue weighted by molar-refractivity contribution is 0.0696. The van der Waals surface area contributed by atoms with Gasteiger partial charge in [-0.2, -0.15) is 0 Å². The zero-order valence-electron chi connectivity index (χ0n) is 16.4. The van der Waals surface area contributed by atoms with Crippen LogP contribution in [-0.2, 0) is 16.4 Å². The maximum absolute atomic E-state index is 13.3. The normalized spacial score (nSPS) is 13.7. The highest BCUT2D eigenvalue weighted by molar-refractivity contribution is 7.99. The fourth-order valence-corrected chi connectivity index (χ4v) is 5.85. The Morgan fingerprint density at radius 3 is 2.23 bits per heavy atom. The number of nitrogens with zero attached hydrogens (tertiary/aromatic N) is 1. The van der Waals surface area contributed by atoms with Gasteiger partial charge in [0.15, 0.2) is 0 Å². The second-order valence-electron chi connectivity index (χ2n) is 7.22. The van der Waals surface area contributed by atoms with Crippen LogP contribution in [0.15, 0.2) is 81.4 Å². The number of carboxylic acid groups (broad SMARTS) is 1. The Bertz CT molecular complexity index is 1190. The third-order valence-corrected chi connectivity index (χ3v) is 7.91. The van der Waals surface area contributed by atoms with Crippen LogP contribution >= 0.6 is 11.8 Å². The van der Waals surface area contributed by atoms with Crippen molar-refractivity contribution in [1.29, 1.82) is 0 Å². The Labute approximate surface area is 180 Å². The van der Waals surface area contributed by atoms with Gasteiger partial charge in [0.05, 0.1) is 16.1 Å². The minimum absolute atomic E-state index is 0.172. The molecule has 0 fully saturated rings. The smallest absolute Gasteiger partial charge is 0.335 e. The summed E-state index contributed by atoms with van der Waals surface area (Å²) in [5.41, 5.74) is 2.67. The maximum atomic E-state index is 13.3. The van der Waals surface area contributed by atoms with E-state index in [1.54, 1.807) is 36.0 Å². The fraction of sp³-hybridized carbons (Fsp3) is 0.174. The van der Waals surface area contributed by atoms with Crippen molar-refractivity contribution in [1.82, 2.24) is 0 Å². The summed E-state index contributed by atoms with van der Waals surface area (Å²) in [4.78, 5) is 13.5. The summed E-state index contributed by atoms with van der Waals surface area (Å²) in [6, 6.07) is 19.7.